The van der Waals surface area contributed by atoms with Crippen LogP contribution < -0.4 is 10.6 Å². The third-order valence-electron chi connectivity index (χ3n) is 4.85. The van der Waals surface area contributed by atoms with Gasteiger partial charge in [0.25, 0.3) is 11.8 Å². The quantitative estimate of drug-likeness (QED) is 0.301. The molecule has 168 valence electrons. The molecule has 2 saturated heterocycles. The minimum Gasteiger partial charge on any atom is -0.355 e. The summed E-state index contributed by atoms with van der Waals surface area (Å²) in [5, 5.41) is 5.85. The lowest BCUT2D eigenvalue weighted by atomic mass is 10.3. The van der Waals surface area contributed by atoms with Crippen molar-refractivity contribution < 1.29 is 28.8 Å². The molecule has 2 rings (SSSR count). The maximum absolute atomic E-state index is 12.4. The van der Waals surface area contributed by atoms with Gasteiger partial charge in [-0.3, -0.25) is 24.1 Å². The maximum atomic E-state index is 12.4. The molecule has 10 heteroatoms. The largest absolute Gasteiger partial charge is 0.355 e. The molecule has 2 fully saturated rings. The van der Waals surface area contributed by atoms with E-state index in [1.807, 2.05) is 0 Å². The van der Waals surface area contributed by atoms with E-state index in [0.29, 0.717) is 5.06 Å². The Bertz CT molecular complexity index is 671. The van der Waals surface area contributed by atoms with Gasteiger partial charge in [-0.15, -0.1) is 5.06 Å². The normalized spacial score (nSPS) is 19.8. The summed E-state index contributed by atoms with van der Waals surface area (Å²) in [4.78, 5) is 65.7. The Morgan fingerprint density at radius 2 is 1.67 bits per heavy atom. The molecule has 0 aliphatic carbocycles. The molecule has 0 spiro atoms. The Labute approximate surface area is 176 Å². The Morgan fingerprint density at radius 1 is 1.03 bits per heavy atom. The summed E-state index contributed by atoms with van der Waals surface area (Å²) < 4.78 is 0. The van der Waals surface area contributed by atoms with Crippen LogP contribution in [0.2, 0.25) is 0 Å². The van der Waals surface area contributed by atoms with Crippen LogP contribution in [0.3, 0.4) is 0 Å². The minimum atomic E-state index is -0.771. The van der Waals surface area contributed by atoms with E-state index in [0.717, 1.165) is 25.9 Å². The Morgan fingerprint density at radius 3 is 2.30 bits per heavy atom. The van der Waals surface area contributed by atoms with Crippen LogP contribution in [0.15, 0.2) is 0 Å². The van der Waals surface area contributed by atoms with Gasteiger partial charge in [0, 0.05) is 38.9 Å². The van der Waals surface area contributed by atoms with Crippen molar-refractivity contribution >= 4 is 29.6 Å². The first-order chi connectivity index (χ1) is 14.1. The van der Waals surface area contributed by atoms with Crippen LogP contribution in [0.1, 0.15) is 59.3 Å². The molecule has 1 atom stereocenters. The average Bonchev–Trinajstić information content (AvgIpc) is 3.21. The predicted octanol–water partition coefficient (Wildman–Crippen LogP) is 0.117. The summed E-state index contributed by atoms with van der Waals surface area (Å²) >= 11 is 0. The number of rotatable bonds is 9. The van der Waals surface area contributed by atoms with Gasteiger partial charge >= 0.3 is 5.97 Å². The van der Waals surface area contributed by atoms with E-state index in [1.54, 1.807) is 0 Å². The molecule has 2 heterocycles. The second-order valence-electron chi connectivity index (χ2n) is 8.88. The fourth-order valence-corrected chi connectivity index (χ4v) is 3.54. The molecule has 10 nitrogen and oxygen atoms in total. The van der Waals surface area contributed by atoms with Gasteiger partial charge < -0.3 is 15.5 Å². The highest BCUT2D eigenvalue weighted by Crippen LogP contribution is 2.23. The van der Waals surface area contributed by atoms with Gasteiger partial charge in [-0.25, -0.2) is 4.79 Å². The predicted molar refractivity (Wildman–Crippen MR) is 106 cm³/mol. The zero-order valence-electron chi connectivity index (χ0n) is 18.0. The number of imide groups is 1. The van der Waals surface area contributed by atoms with Crippen LogP contribution in [0, 0.1) is 5.41 Å². The van der Waals surface area contributed by atoms with E-state index in [2.05, 4.69) is 36.3 Å². The van der Waals surface area contributed by atoms with Crippen LogP contribution in [0.5, 0.6) is 0 Å². The van der Waals surface area contributed by atoms with Crippen LogP contribution in [0.4, 0.5) is 0 Å². The highest BCUT2D eigenvalue weighted by atomic mass is 16.7. The number of carbonyl (C=O) groups is 5. The van der Waals surface area contributed by atoms with Gasteiger partial charge in [-0.05, 0) is 24.8 Å². The first-order valence-corrected chi connectivity index (χ1v) is 10.4. The summed E-state index contributed by atoms with van der Waals surface area (Å²) in [5.41, 5.74) is 0.110. The van der Waals surface area contributed by atoms with E-state index in [4.69, 9.17) is 4.84 Å². The van der Waals surface area contributed by atoms with Crippen molar-refractivity contribution in [2.45, 2.75) is 65.3 Å². The number of nitrogens with one attached hydrogen (secondary N) is 2. The van der Waals surface area contributed by atoms with Crippen LogP contribution in [-0.2, 0) is 28.8 Å². The third kappa shape index (κ3) is 7.40. The van der Waals surface area contributed by atoms with E-state index in [-0.39, 0.29) is 62.0 Å². The summed E-state index contributed by atoms with van der Waals surface area (Å²) in [6.07, 6.45) is 1.79. The number of hydrogen-bond acceptors (Lipinski definition) is 7. The lowest BCUT2D eigenvalue weighted by Crippen LogP contribution is -2.46. The summed E-state index contributed by atoms with van der Waals surface area (Å²) in [6, 6.07) is -0.155. The van der Waals surface area contributed by atoms with Crippen molar-refractivity contribution in [2.24, 2.45) is 5.41 Å². The monoisotopic (exact) mass is 433 g/mol. The molecular formula is C20H32N4O6. The van der Waals surface area contributed by atoms with Crippen LogP contribution >= 0.6 is 0 Å². The lowest BCUT2D eigenvalue weighted by molar-refractivity contribution is -0.197. The SMILES string of the molecule is CC([13CH3])([13CH3])[13CH2]N1[13CH2][13CH2][13CH2][13CH]1C(=O)[15NH]CCC(=O)[15NH]CCC(=O)ON1C(=O)CCC1=O. The number of likely N-dealkylation sites (tertiary alicyclic amines) is 1. The van der Waals surface area contributed by atoms with Gasteiger partial charge in [0.15, 0.2) is 0 Å². The van der Waals surface area contributed by atoms with E-state index >= 15 is 0 Å². The molecule has 30 heavy (non-hydrogen) atoms. The Balaban J connectivity index is 1.60. The lowest BCUT2D eigenvalue weighted by Gasteiger charge is -2.30. The number of nitrogens with zero attached hydrogens (tertiary/aromatic N) is 2. The minimum absolute atomic E-state index is 0.0177. The molecule has 0 saturated carbocycles. The first-order valence-electron chi connectivity index (χ1n) is 10.4. The highest BCUT2D eigenvalue weighted by Gasteiger charge is 2.33. The molecule has 4 amide bonds. The molecular weight excluding hydrogens is 401 g/mol. The number of carbonyl (C=O) groups excluding carboxylic acids is 5. The van der Waals surface area contributed by atoms with Gasteiger partial charge in [-0.1, -0.05) is 20.8 Å². The van der Waals surface area contributed by atoms with Gasteiger partial charge in [-0.2, -0.15) is 0 Å². The fourth-order valence-electron chi connectivity index (χ4n) is 3.54. The standard InChI is InChI=1S/C20H32N4O6/c1-20(2,3)13-23-12-4-5-14(23)19(29)22-10-8-15(25)21-11-9-18(28)30-24-16(26)6-7-17(24)27/h14H,4-13H2,1-3H3,(H,21,25)(H,22,29)/i1+1,2+1,4+1,5+1,12+1,13+1,14+1,21+1,22+1. The Hall–Kier alpha value is -2.49. The van der Waals surface area contributed by atoms with Gasteiger partial charge in [0.05, 0.1) is 12.5 Å². The first kappa shape index (κ1) is 23.8. The van der Waals surface area contributed by atoms with Crippen LogP contribution in [-0.4, -0.2) is 71.8 Å². The second-order valence-corrected chi connectivity index (χ2v) is 8.88. The number of hydrogen-bond donors (Lipinski definition) is 2. The van der Waals surface area contributed by atoms with Crippen molar-refractivity contribution in [3.05, 3.63) is 0 Å². The molecule has 2 aliphatic rings. The zero-order chi connectivity index (χ0) is 22.3. The second kappa shape index (κ2) is 10.5. The molecule has 0 aromatic heterocycles. The maximum Gasteiger partial charge on any atom is 0.334 e. The summed E-state index contributed by atoms with van der Waals surface area (Å²) in [5.74, 6) is -2.23. The smallest absolute Gasteiger partial charge is 0.334 e. The Kier molecular flexibility index (Phi) is 8.33. The molecule has 0 bridgehead atoms. The van der Waals surface area contributed by atoms with Gasteiger partial charge in [0.2, 0.25) is 11.8 Å². The summed E-state index contributed by atoms with van der Waals surface area (Å²) in [7, 11) is 0. The third-order valence-corrected chi connectivity index (χ3v) is 4.85. The molecule has 0 aromatic carbocycles. The molecule has 2 N–H and O–H groups in total. The van der Waals surface area contributed by atoms with Gasteiger partial charge in [0.1, 0.15) is 0 Å². The van der Waals surface area contributed by atoms with Crippen molar-refractivity contribution in [1.29, 1.82) is 0 Å². The number of hydroxylamine groups is 2. The van der Waals surface area contributed by atoms with E-state index < -0.39 is 17.8 Å². The topological polar surface area (TPSA) is 125 Å². The van der Waals surface area contributed by atoms with Crippen molar-refractivity contribution in [3.63, 3.8) is 0 Å². The van der Waals surface area contributed by atoms with Crippen LogP contribution in [0.25, 0.3) is 0 Å². The molecule has 1 unspecified atom stereocenters. The van der Waals surface area contributed by atoms with Crippen molar-refractivity contribution in [1.82, 2.24) is 20.6 Å². The highest BCUT2D eigenvalue weighted by molar-refractivity contribution is 6.01. The molecule has 0 radical (unpaired) electrons. The van der Waals surface area contributed by atoms with Crippen molar-refractivity contribution in [2.75, 3.05) is 26.2 Å². The number of amides is 4. The summed E-state index contributed by atoms with van der Waals surface area (Å²) in [6.45, 7) is 8.40. The van der Waals surface area contributed by atoms with E-state index in [9.17, 15) is 24.0 Å². The molecule has 2 aliphatic heterocycles. The van der Waals surface area contributed by atoms with E-state index in [1.165, 1.54) is 0 Å². The fraction of sp³-hybridized carbons (Fsp3) is 0.750. The zero-order valence-corrected chi connectivity index (χ0v) is 18.0. The average molecular weight is 433 g/mol. The molecule has 0 aromatic rings. The van der Waals surface area contributed by atoms with Crippen molar-refractivity contribution in [3.8, 4) is 0 Å².